The Labute approximate surface area is 346 Å². The highest BCUT2D eigenvalue weighted by atomic mass is 16.2. The highest BCUT2D eigenvalue weighted by Crippen LogP contribution is 2.41. The average Bonchev–Trinajstić information content (AvgIpc) is 3.67. The molecule has 4 heterocycles. The van der Waals surface area contributed by atoms with Crippen molar-refractivity contribution in [1.29, 1.82) is 0 Å². The van der Waals surface area contributed by atoms with Crippen LogP contribution in [0.25, 0.3) is 5.65 Å². The van der Waals surface area contributed by atoms with Crippen LogP contribution >= 0.6 is 0 Å². The predicted molar refractivity (Wildman–Crippen MR) is 226 cm³/mol. The Morgan fingerprint density at radius 1 is 0.729 bits per heavy atom. The summed E-state index contributed by atoms with van der Waals surface area (Å²) in [5.41, 5.74) is 14.6. The zero-order chi connectivity index (χ0) is 41.9. The third-order valence-corrected chi connectivity index (χ3v) is 11.7. The summed E-state index contributed by atoms with van der Waals surface area (Å²) < 4.78 is 1.84. The number of likely N-dealkylation sites (tertiary alicyclic amines) is 2. The van der Waals surface area contributed by atoms with Crippen molar-refractivity contribution >= 4 is 35.2 Å². The number of imidazole rings is 1. The van der Waals surface area contributed by atoms with E-state index in [-0.39, 0.29) is 29.7 Å². The number of nitrogens with one attached hydrogen (secondary N) is 3. The van der Waals surface area contributed by atoms with Gasteiger partial charge < -0.3 is 41.6 Å². The molecule has 1 spiro atoms. The lowest BCUT2D eigenvalue weighted by Crippen LogP contribution is -2.67. The number of hydrogen-bond acceptors (Lipinski definition) is 8. The molecule has 0 aliphatic carbocycles. The normalized spacial score (nSPS) is 16.8. The first-order valence-electron chi connectivity index (χ1n) is 21.0. The van der Waals surface area contributed by atoms with E-state index in [1.54, 1.807) is 11.1 Å². The maximum atomic E-state index is 14.2. The minimum absolute atomic E-state index is 0.0193. The number of nitrogens with two attached hydrogens (primary N) is 2. The number of pyridine rings is 1. The number of carbonyl (C=O) groups is 5. The number of rotatable bonds is 18. The summed E-state index contributed by atoms with van der Waals surface area (Å²) in [5.74, 6) is -1.76. The van der Waals surface area contributed by atoms with Crippen molar-refractivity contribution in [1.82, 2.24) is 35.1 Å². The third-order valence-electron chi connectivity index (χ3n) is 11.7. The molecule has 7 N–H and O–H groups in total. The number of benzene rings is 2. The number of aromatic nitrogens is 2. The van der Waals surface area contributed by atoms with E-state index in [1.165, 1.54) is 0 Å². The van der Waals surface area contributed by atoms with Crippen LogP contribution < -0.4 is 27.4 Å². The van der Waals surface area contributed by atoms with Gasteiger partial charge in [0, 0.05) is 44.0 Å². The van der Waals surface area contributed by atoms with Crippen molar-refractivity contribution in [2.45, 2.75) is 101 Å². The number of amides is 5. The SMILES string of the molecule is CC(C)C[C@@H](NC(=O)[C@@H](Cc1ccccc1)NC(=O)[C@H](N)Cc1ccccc1)C(=O)N[C@H](CCCCN)C(=O)N1CCC2(CC1)CCN2C(=O)c1cn2ccccc2n1. The number of carbonyl (C=O) groups excluding carboxylic acids is 5. The third kappa shape index (κ3) is 10.9. The van der Waals surface area contributed by atoms with Gasteiger partial charge in [0.2, 0.25) is 23.6 Å². The first-order valence-corrected chi connectivity index (χ1v) is 21.0. The zero-order valence-corrected chi connectivity index (χ0v) is 34.2. The van der Waals surface area contributed by atoms with E-state index in [2.05, 4.69) is 20.9 Å². The molecule has 59 heavy (non-hydrogen) atoms. The van der Waals surface area contributed by atoms with E-state index >= 15 is 0 Å². The fourth-order valence-electron chi connectivity index (χ4n) is 8.21. The van der Waals surface area contributed by atoms with Crippen molar-refractivity contribution in [3.8, 4) is 0 Å². The standard InChI is InChI=1S/C45H59N9O5/c1-31(2)27-36(51-42(57)37(29-33-15-7-4-8-16-33)50-40(55)34(47)28-32-13-5-3-6-14-32)41(56)49-35(17-9-11-22-46)43(58)52-24-19-45(20-25-52)21-26-54(45)44(59)38-30-53-23-12-10-18-39(53)48-38/h3-8,10,12-16,18,23,30-31,34-37H,9,11,17,19-22,24-29,46-47H2,1-2H3,(H,49,56)(H,50,55)(H,51,57)/t34-,35-,36-,37-/m1/s1. The fraction of sp³-hybridized carbons (Fsp3) is 0.467. The molecule has 4 atom stereocenters. The largest absolute Gasteiger partial charge is 0.343 e. The van der Waals surface area contributed by atoms with Crippen molar-refractivity contribution in [3.05, 3.63) is 108 Å². The Morgan fingerprint density at radius 3 is 1.93 bits per heavy atom. The minimum atomic E-state index is -1.01. The average molecular weight is 806 g/mol. The molecule has 14 heteroatoms. The van der Waals surface area contributed by atoms with Crippen LogP contribution in [-0.2, 0) is 32.0 Å². The molecule has 0 saturated carbocycles. The number of fused-ring (bicyclic) bond motifs is 1. The van der Waals surface area contributed by atoms with Gasteiger partial charge in [-0.2, -0.15) is 0 Å². The molecule has 2 saturated heterocycles. The van der Waals surface area contributed by atoms with Crippen molar-refractivity contribution in [2.75, 3.05) is 26.2 Å². The van der Waals surface area contributed by atoms with E-state index < -0.39 is 41.9 Å². The van der Waals surface area contributed by atoms with Gasteiger partial charge in [-0.25, -0.2) is 4.98 Å². The summed E-state index contributed by atoms with van der Waals surface area (Å²) in [6.07, 6.45) is 8.20. The van der Waals surface area contributed by atoms with E-state index in [0.717, 1.165) is 17.5 Å². The van der Waals surface area contributed by atoms with Crippen LogP contribution in [0.15, 0.2) is 91.3 Å². The highest BCUT2D eigenvalue weighted by Gasteiger charge is 2.50. The second kappa shape index (κ2) is 19.9. The molecule has 2 fully saturated rings. The van der Waals surface area contributed by atoms with Crippen LogP contribution in [0, 0.1) is 5.92 Å². The topological polar surface area (TPSA) is 197 Å². The predicted octanol–water partition coefficient (Wildman–Crippen LogP) is 2.98. The van der Waals surface area contributed by atoms with Crippen molar-refractivity contribution < 1.29 is 24.0 Å². The molecule has 2 aliphatic heterocycles. The first kappa shape index (κ1) is 43.0. The lowest BCUT2D eigenvalue weighted by atomic mass is 9.76. The van der Waals surface area contributed by atoms with Crippen LogP contribution in [-0.4, -0.2) is 105 Å². The summed E-state index contributed by atoms with van der Waals surface area (Å²) in [6, 6.07) is 20.7. The van der Waals surface area contributed by atoms with Gasteiger partial charge in [0.1, 0.15) is 29.5 Å². The monoisotopic (exact) mass is 805 g/mol. The van der Waals surface area contributed by atoms with Gasteiger partial charge in [0.05, 0.1) is 6.04 Å². The van der Waals surface area contributed by atoms with E-state index in [0.29, 0.717) is 82.5 Å². The Balaban J connectivity index is 1.11. The summed E-state index contributed by atoms with van der Waals surface area (Å²) in [7, 11) is 0. The highest BCUT2D eigenvalue weighted by molar-refractivity contribution is 5.95. The van der Waals surface area contributed by atoms with E-state index in [9.17, 15) is 24.0 Å². The molecule has 6 rings (SSSR count). The van der Waals surface area contributed by atoms with Gasteiger partial charge in [-0.3, -0.25) is 24.0 Å². The van der Waals surface area contributed by atoms with Crippen molar-refractivity contribution in [3.63, 3.8) is 0 Å². The van der Waals surface area contributed by atoms with Gasteiger partial charge in [-0.1, -0.05) is 80.6 Å². The van der Waals surface area contributed by atoms with E-state index in [4.69, 9.17) is 11.5 Å². The molecular formula is C45H59N9O5. The Bertz CT molecular complexity index is 2010. The van der Waals surface area contributed by atoms with Crippen LogP contribution in [0.3, 0.4) is 0 Å². The lowest BCUT2D eigenvalue weighted by molar-refractivity contribution is -0.141. The molecule has 2 aromatic carbocycles. The molecule has 14 nitrogen and oxygen atoms in total. The Hall–Kier alpha value is -5.60. The minimum Gasteiger partial charge on any atom is -0.343 e. The van der Waals surface area contributed by atoms with Crippen LogP contribution in [0.2, 0.25) is 0 Å². The molecule has 314 valence electrons. The molecular weight excluding hydrogens is 747 g/mol. The Kier molecular flexibility index (Phi) is 14.5. The number of hydrogen-bond donors (Lipinski definition) is 5. The molecule has 4 aromatic rings. The first-order chi connectivity index (χ1) is 28.5. The maximum absolute atomic E-state index is 14.2. The van der Waals surface area contributed by atoms with Gasteiger partial charge in [-0.15, -0.1) is 0 Å². The molecule has 2 aromatic heterocycles. The second-order valence-corrected chi connectivity index (χ2v) is 16.4. The smallest absolute Gasteiger partial charge is 0.274 e. The summed E-state index contributed by atoms with van der Waals surface area (Å²) in [6.45, 7) is 5.88. The van der Waals surface area contributed by atoms with Gasteiger partial charge in [0.25, 0.3) is 5.91 Å². The van der Waals surface area contributed by atoms with Gasteiger partial charge in [0.15, 0.2) is 0 Å². The lowest BCUT2D eigenvalue weighted by Gasteiger charge is -2.56. The second-order valence-electron chi connectivity index (χ2n) is 16.4. The Morgan fingerprint density at radius 2 is 1.32 bits per heavy atom. The quantitative estimate of drug-likeness (QED) is 0.0947. The van der Waals surface area contributed by atoms with Crippen LogP contribution in [0.5, 0.6) is 0 Å². The molecule has 5 amide bonds. The summed E-state index contributed by atoms with van der Waals surface area (Å²) in [4.78, 5) is 77.7. The molecule has 0 radical (unpaired) electrons. The van der Waals surface area contributed by atoms with E-state index in [1.807, 2.05) is 108 Å². The number of nitrogens with zero attached hydrogens (tertiary/aromatic N) is 4. The summed E-state index contributed by atoms with van der Waals surface area (Å²) in [5, 5.41) is 8.77. The van der Waals surface area contributed by atoms with Crippen LogP contribution in [0.4, 0.5) is 0 Å². The number of unbranched alkanes of at least 4 members (excludes halogenated alkanes) is 1. The zero-order valence-electron chi connectivity index (χ0n) is 34.2. The molecule has 2 aliphatic rings. The van der Waals surface area contributed by atoms with Crippen LogP contribution in [0.1, 0.15) is 80.4 Å². The number of piperidine rings is 1. The molecule has 0 bridgehead atoms. The maximum Gasteiger partial charge on any atom is 0.274 e. The van der Waals surface area contributed by atoms with Crippen molar-refractivity contribution in [2.24, 2.45) is 17.4 Å². The summed E-state index contributed by atoms with van der Waals surface area (Å²) >= 11 is 0. The molecule has 0 unspecified atom stereocenters. The van der Waals surface area contributed by atoms with Gasteiger partial charge in [-0.05, 0) is 87.1 Å². The van der Waals surface area contributed by atoms with Gasteiger partial charge >= 0.3 is 0 Å². The fourth-order valence-corrected chi connectivity index (χ4v) is 8.21.